The first kappa shape index (κ1) is 26.5. The zero-order valence-corrected chi connectivity index (χ0v) is 22.2. The van der Waals surface area contributed by atoms with E-state index >= 15 is 0 Å². The molecule has 1 aliphatic rings. The van der Waals surface area contributed by atoms with Crippen molar-refractivity contribution in [1.29, 1.82) is 0 Å². The molecular formula is C23H30Cl2NOSiTi. The molecule has 0 aliphatic heterocycles. The number of halogens is 2. The largest absolute Gasteiger partial charge is 1.00 e. The van der Waals surface area contributed by atoms with Crippen molar-refractivity contribution in [3.63, 3.8) is 0 Å². The molecule has 0 fully saturated rings. The predicted molar refractivity (Wildman–Crippen MR) is 114 cm³/mol. The van der Waals surface area contributed by atoms with Gasteiger partial charge in [0.1, 0.15) is 0 Å². The molecule has 0 saturated heterocycles. The second kappa shape index (κ2) is 9.72. The molecule has 2 N–H and O–H groups in total. The fourth-order valence-electron chi connectivity index (χ4n) is 3.81. The smallest absolute Gasteiger partial charge is 1.00 e. The minimum atomic E-state index is -1.67. The van der Waals surface area contributed by atoms with Gasteiger partial charge in [-0.3, -0.25) is 0 Å². The summed E-state index contributed by atoms with van der Waals surface area (Å²) in [7, 11) is -1.67. The molecule has 29 heavy (non-hydrogen) atoms. The maximum Gasteiger partial charge on any atom is -1.00 e. The Bertz CT molecular complexity index is 1110. The number of hydrogen-bond acceptors (Lipinski definition) is 2. The topological polar surface area (TPSA) is 32.3 Å². The van der Waals surface area contributed by atoms with Crippen LogP contribution in [0.5, 0.6) is 0 Å². The van der Waals surface area contributed by atoms with E-state index in [2.05, 4.69) is 103 Å². The Morgan fingerprint density at radius 3 is 2.14 bits per heavy atom. The standard InChI is InChI=1S/C23H30NOSi.2ClH.Ti/c1-16(26(5,6)14-13-25)18-11-12-20-19-10-8-7-9-17(19)15-21(20)22(18)24-23(2,3)4;;;/h7-12,24-25H,13-14H2,1-6H3;2*1H;/q;;;+2/p-2. The Labute approximate surface area is 199 Å². The molecule has 1 aliphatic carbocycles. The van der Waals surface area contributed by atoms with E-state index in [0.717, 1.165) is 6.04 Å². The quantitative estimate of drug-likeness (QED) is 0.477. The summed E-state index contributed by atoms with van der Waals surface area (Å²) in [6.45, 7) is 13.9. The van der Waals surface area contributed by atoms with Crippen molar-refractivity contribution in [3.05, 3.63) is 62.8 Å². The van der Waals surface area contributed by atoms with Crippen LogP contribution >= 0.6 is 0 Å². The fourth-order valence-corrected chi connectivity index (χ4v) is 6.42. The average Bonchev–Trinajstić information content (AvgIpc) is 2.87. The third-order valence-corrected chi connectivity index (χ3v) is 10.2. The van der Waals surface area contributed by atoms with Gasteiger partial charge in [-0.1, -0.05) is 0 Å². The molecule has 2 aromatic carbocycles. The van der Waals surface area contributed by atoms with Crippen LogP contribution in [0.15, 0.2) is 36.4 Å². The van der Waals surface area contributed by atoms with Crippen molar-refractivity contribution < 1.29 is 50.4 Å². The number of nitrogens with one attached hydrogen (secondary N) is 1. The van der Waals surface area contributed by atoms with Gasteiger partial charge in [0.15, 0.2) is 0 Å². The molecule has 0 radical (unpaired) electrons. The first-order chi connectivity index (χ1) is 12.6. The van der Waals surface area contributed by atoms with E-state index in [9.17, 15) is 5.11 Å². The zero-order chi connectivity index (χ0) is 20.0. The summed E-state index contributed by atoms with van der Waals surface area (Å²) >= 11 is 2.24. The Kier molecular flexibility index (Phi) is 8.88. The summed E-state index contributed by atoms with van der Waals surface area (Å²) in [6, 6.07) is 14.2. The van der Waals surface area contributed by atoms with Crippen LogP contribution in [0.3, 0.4) is 0 Å². The number of benzene rings is 2. The van der Waals surface area contributed by atoms with Crippen molar-refractivity contribution in [1.82, 2.24) is 0 Å². The van der Waals surface area contributed by atoms with Crippen LogP contribution in [-0.4, -0.2) is 25.3 Å². The van der Waals surface area contributed by atoms with Gasteiger partial charge in [-0.15, -0.1) is 0 Å². The molecule has 0 saturated carbocycles. The molecule has 0 bridgehead atoms. The van der Waals surface area contributed by atoms with Crippen LogP contribution in [0.4, 0.5) is 5.69 Å². The van der Waals surface area contributed by atoms with Crippen LogP contribution in [0, 0.1) is 10.4 Å². The second-order valence-electron chi connectivity index (χ2n) is 9.19. The van der Waals surface area contributed by atoms with E-state index in [1.54, 1.807) is 0 Å². The van der Waals surface area contributed by atoms with E-state index in [0.29, 0.717) is 0 Å². The van der Waals surface area contributed by atoms with E-state index in [1.165, 1.54) is 41.2 Å². The van der Waals surface area contributed by atoms with Crippen molar-refractivity contribution >= 4 is 22.8 Å². The molecular weight excluding hydrogens is 453 g/mol. The summed E-state index contributed by atoms with van der Waals surface area (Å²) in [6.07, 6.45) is 0. The monoisotopic (exact) mass is 482 g/mol. The fraction of sp³-hybridized carbons (Fsp3) is 0.391. The SMILES string of the molecule is CC(=c1ccc2c(c1NC(C)(C)C)[C]([Ti+2])=c1ccccc1=2)[Si](C)(C)CCO.[Cl-].[Cl-]. The van der Waals surface area contributed by atoms with Crippen LogP contribution < -0.4 is 40.6 Å². The van der Waals surface area contributed by atoms with E-state index in [4.69, 9.17) is 0 Å². The van der Waals surface area contributed by atoms with Crippen LogP contribution in [0.2, 0.25) is 19.1 Å². The first-order valence-electron chi connectivity index (χ1n) is 9.66. The number of hydrogen-bond donors (Lipinski definition) is 2. The summed E-state index contributed by atoms with van der Waals surface area (Å²) in [5.74, 6) is 0. The minimum Gasteiger partial charge on any atom is -1.00 e. The zero-order valence-electron chi connectivity index (χ0n) is 18.1. The number of aliphatic hydroxyl groups excluding tert-OH is 1. The van der Waals surface area contributed by atoms with Crippen molar-refractivity contribution in [2.45, 2.75) is 52.4 Å². The molecule has 2 nitrogen and oxygen atoms in total. The predicted octanol–water partition coefficient (Wildman–Crippen LogP) is -2.38. The third kappa shape index (κ3) is 5.20. The van der Waals surface area contributed by atoms with Crippen molar-refractivity contribution in [3.8, 4) is 0 Å². The van der Waals surface area contributed by atoms with Crippen LogP contribution in [-0.2, 0) is 20.4 Å². The van der Waals surface area contributed by atoms with Gasteiger partial charge in [0.2, 0.25) is 0 Å². The second-order valence-corrected chi connectivity index (χ2v) is 15.0. The molecule has 0 heterocycles. The van der Waals surface area contributed by atoms with Gasteiger partial charge in [-0.2, -0.15) is 0 Å². The summed E-state index contributed by atoms with van der Waals surface area (Å²) < 4.78 is 1.35. The number of fused-ring (bicyclic) bond motifs is 2. The molecule has 0 aromatic heterocycles. The van der Waals surface area contributed by atoms with Gasteiger partial charge in [0, 0.05) is 0 Å². The molecule has 155 valence electrons. The van der Waals surface area contributed by atoms with E-state index in [-0.39, 0.29) is 37.0 Å². The number of aliphatic hydroxyl groups is 1. The summed E-state index contributed by atoms with van der Waals surface area (Å²) in [5.41, 5.74) is 2.57. The van der Waals surface area contributed by atoms with Gasteiger partial charge in [-0.05, 0) is 0 Å². The van der Waals surface area contributed by atoms with E-state index in [1.807, 2.05) is 0 Å². The average molecular weight is 483 g/mol. The Hall–Kier alpha value is -0.549. The molecule has 3 rings (SSSR count). The van der Waals surface area contributed by atoms with Crippen molar-refractivity contribution in [2.75, 3.05) is 11.9 Å². The van der Waals surface area contributed by atoms with Gasteiger partial charge in [-0.25, -0.2) is 0 Å². The van der Waals surface area contributed by atoms with Crippen LogP contribution in [0.1, 0.15) is 33.3 Å². The summed E-state index contributed by atoms with van der Waals surface area (Å²) in [5, 5.41) is 20.2. The Morgan fingerprint density at radius 2 is 1.59 bits per heavy atom. The first-order valence-corrected chi connectivity index (χ1v) is 13.6. The van der Waals surface area contributed by atoms with Gasteiger partial charge in [0.05, 0.1) is 0 Å². The molecule has 0 amide bonds. The molecule has 6 heteroatoms. The van der Waals surface area contributed by atoms with Gasteiger partial charge in [0.25, 0.3) is 0 Å². The molecule has 0 atom stereocenters. The Balaban J connectivity index is 0.00000210. The van der Waals surface area contributed by atoms with Gasteiger partial charge >= 0.3 is 176 Å². The Morgan fingerprint density at radius 1 is 1.00 bits per heavy atom. The maximum absolute atomic E-state index is 9.57. The van der Waals surface area contributed by atoms with E-state index < -0.39 is 8.07 Å². The normalized spacial score (nSPS) is 13.8. The third-order valence-electron chi connectivity index (χ3n) is 5.60. The van der Waals surface area contributed by atoms with Crippen LogP contribution in [0.25, 0.3) is 9.07 Å². The van der Waals surface area contributed by atoms with Crippen molar-refractivity contribution in [2.24, 2.45) is 0 Å². The molecule has 0 spiro atoms. The molecule has 2 aromatic rings. The van der Waals surface area contributed by atoms with Gasteiger partial charge < -0.3 is 24.8 Å². The maximum atomic E-state index is 9.57. The molecule has 0 unspecified atom stereocenters. The summed E-state index contributed by atoms with van der Waals surface area (Å²) in [4.78, 5) is 0. The number of anilines is 1. The minimum absolute atomic E-state index is 0. The number of rotatable bonds is 4.